The number of likely N-dealkylation sites (N-methyl/N-ethyl adjacent to an activating group) is 1. The van der Waals surface area contributed by atoms with E-state index in [9.17, 15) is 9.46 Å². The molecule has 0 N–H and O–H groups in total. The molecule has 0 aliphatic carbocycles. The number of quaternary nitrogens is 1. The Hall–Kier alpha value is 0.0300. The van der Waals surface area contributed by atoms with Crippen LogP contribution < -0.4 is 4.89 Å². The van der Waals surface area contributed by atoms with E-state index in [4.69, 9.17) is 13.8 Å². The number of phosphoric ester groups is 1. The minimum absolute atomic E-state index is 0.0279. The monoisotopic (exact) mass is 465 g/mol. The van der Waals surface area contributed by atoms with Gasteiger partial charge < -0.3 is 23.2 Å². The number of methoxy groups -OCH3 is 1. The third kappa shape index (κ3) is 23.0. The van der Waals surface area contributed by atoms with E-state index < -0.39 is 7.82 Å². The molecular formula is C24H52NO5P. The molecule has 0 aromatic rings. The number of hydrogen-bond acceptors (Lipinski definition) is 5. The van der Waals surface area contributed by atoms with Crippen LogP contribution in [0.2, 0.25) is 0 Å². The second-order valence-corrected chi connectivity index (χ2v) is 11.2. The van der Waals surface area contributed by atoms with Crippen molar-refractivity contribution in [3.05, 3.63) is 0 Å². The van der Waals surface area contributed by atoms with Gasteiger partial charge in [-0.1, -0.05) is 96.8 Å². The van der Waals surface area contributed by atoms with Gasteiger partial charge >= 0.3 is 0 Å². The zero-order valence-electron chi connectivity index (χ0n) is 21.2. The van der Waals surface area contributed by atoms with Crippen molar-refractivity contribution in [2.24, 2.45) is 0 Å². The van der Waals surface area contributed by atoms with Crippen LogP contribution in [0.25, 0.3) is 0 Å². The van der Waals surface area contributed by atoms with Crippen molar-refractivity contribution >= 4 is 7.82 Å². The summed E-state index contributed by atoms with van der Waals surface area (Å²) in [6, 6.07) is 0. The number of rotatable bonds is 23. The quantitative estimate of drug-likeness (QED) is 0.104. The van der Waals surface area contributed by atoms with Crippen LogP contribution in [0.1, 0.15) is 103 Å². The van der Waals surface area contributed by atoms with Crippen molar-refractivity contribution in [1.82, 2.24) is 0 Å². The van der Waals surface area contributed by atoms with Gasteiger partial charge in [-0.2, -0.15) is 0 Å². The van der Waals surface area contributed by atoms with Gasteiger partial charge in [0, 0.05) is 7.11 Å². The summed E-state index contributed by atoms with van der Waals surface area (Å²) in [6.07, 6.45) is 19.1. The SMILES string of the molecule is CCCCCCCCCCCCCCCCC(COP(=O)([O-])OCC[N+](C)(C)C)OC. The Bertz CT molecular complexity index is 442. The van der Waals surface area contributed by atoms with E-state index in [1.165, 1.54) is 77.0 Å². The molecule has 0 radical (unpaired) electrons. The molecule has 7 heteroatoms. The summed E-state index contributed by atoms with van der Waals surface area (Å²) in [5.74, 6) is 0. The maximum absolute atomic E-state index is 11.9. The predicted molar refractivity (Wildman–Crippen MR) is 128 cm³/mol. The molecule has 2 unspecified atom stereocenters. The molecule has 0 fully saturated rings. The highest BCUT2D eigenvalue weighted by Crippen LogP contribution is 2.38. The number of hydrogen-bond donors (Lipinski definition) is 0. The number of nitrogens with zero attached hydrogens (tertiary/aromatic N) is 1. The Morgan fingerprint density at radius 3 is 1.65 bits per heavy atom. The summed E-state index contributed by atoms with van der Waals surface area (Å²) < 4.78 is 27.8. The summed E-state index contributed by atoms with van der Waals surface area (Å²) in [7, 11) is 3.29. The van der Waals surface area contributed by atoms with Crippen LogP contribution in [0.4, 0.5) is 0 Å². The Balaban J connectivity index is 3.59. The van der Waals surface area contributed by atoms with E-state index in [0.717, 1.165) is 19.3 Å². The summed E-state index contributed by atoms with van der Waals surface area (Å²) in [4.78, 5) is 11.9. The Kier molecular flexibility index (Phi) is 19.5. The van der Waals surface area contributed by atoms with Crippen molar-refractivity contribution in [2.45, 2.75) is 109 Å². The van der Waals surface area contributed by atoms with Crippen LogP contribution in [0.3, 0.4) is 0 Å². The molecule has 0 saturated heterocycles. The summed E-state index contributed by atoms with van der Waals surface area (Å²) in [5, 5.41) is 0. The van der Waals surface area contributed by atoms with Crippen LogP contribution in [0.15, 0.2) is 0 Å². The van der Waals surface area contributed by atoms with E-state index in [0.29, 0.717) is 11.0 Å². The van der Waals surface area contributed by atoms with E-state index in [1.54, 1.807) is 7.11 Å². The van der Waals surface area contributed by atoms with Gasteiger partial charge in [0.05, 0.1) is 33.9 Å². The topological polar surface area (TPSA) is 67.8 Å². The number of ether oxygens (including phenoxy) is 1. The maximum atomic E-state index is 11.9. The van der Waals surface area contributed by atoms with Gasteiger partial charge in [0.2, 0.25) is 0 Å². The van der Waals surface area contributed by atoms with Crippen LogP contribution in [-0.4, -0.2) is 58.6 Å². The molecule has 0 heterocycles. The van der Waals surface area contributed by atoms with Gasteiger partial charge in [0.1, 0.15) is 13.2 Å². The highest BCUT2D eigenvalue weighted by molar-refractivity contribution is 7.45. The van der Waals surface area contributed by atoms with Gasteiger partial charge in [0.25, 0.3) is 7.82 Å². The molecule has 0 aromatic heterocycles. The first-order chi connectivity index (χ1) is 14.7. The van der Waals surface area contributed by atoms with E-state index in [1.807, 2.05) is 21.1 Å². The molecule has 188 valence electrons. The first-order valence-corrected chi connectivity index (χ1v) is 14.1. The first kappa shape index (κ1) is 31.0. The number of unbranched alkanes of at least 4 members (excludes halogenated alkanes) is 13. The molecule has 0 amide bonds. The van der Waals surface area contributed by atoms with Crippen LogP contribution in [0.5, 0.6) is 0 Å². The third-order valence-corrected chi connectivity index (χ3v) is 6.61. The molecule has 6 nitrogen and oxygen atoms in total. The molecule has 2 atom stereocenters. The van der Waals surface area contributed by atoms with E-state index in [2.05, 4.69) is 6.92 Å². The molecule has 0 aromatic carbocycles. The smallest absolute Gasteiger partial charge is 0.268 e. The zero-order valence-corrected chi connectivity index (χ0v) is 22.1. The summed E-state index contributed by atoms with van der Waals surface area (Å²) in [5.41, 5.74) is 0. The van der Waals surface area contributed by atoms with Crippen LogP contribution in [-0.2, 0) is 18.3 Å². The average molecular weight is 466 g/mol. The third-order valence-electron chi connectivity index (χ3n) is 5.64. The van der Waals surface area contributed by atoms with Crippen LogP contribution >= 0.6 is 7.82 Å². The van der Waals surface area contributed by atoms with Crippen molar-refractivity contribution in [3.8, 4) is 0 Å². The molecule has 0 saturated carbocycles. The molecule has 0 bridgehead atoms. The van der Waals surface area contributed by atoms with Gasteiger partial charge in [-0.3, -0.25) is 4.57 Å². The molecule has 0 aliphatic heterocycles. The zero-order chi connectivity index (χ0) is 23.4. The lowest BCUT2D eigenvalue weighted by molar-refractivity contribution is -0.870. The highest BCUT2D eigenvalue weighted by Gasteiger charge is 2.16. The maximum Gasteiger partial charge on any atom is 0.268 e. The minimum atomic E-state index is -4.26. The molecule has 31 heavy (non-hydrogen) atoms. The fourth-order valence-electron chi connectivity index (χ4n) is 3.47. The van der Waals surface area contributed by atoms with E-state index >= 15 is 0 Å². The van der Waals surface area contributed by atoms with Crippen molar-refractivity contribution in [1.29, 1.82) is 0 Å². The molecule has 0 spiro atoms. The molecule has 0 rings (SSSR count). The van der Waals surface area contributed by atoms with Gasteiger partial charge in [-0.15, -0.1) is 0 Å². The Labute approximate surface area is 193 Å². The summed E-state index contributed by atoms with van der Waals surface area (Å²) in [6.45, 7) is 3.02. The van der Waals surface area contributed by atoms with E-state index in [-0.39, 0.29) is 19.3 Å². The summed E-state index contributed by atoms with van der Waals surface area (Å²) >= 11 is 0. The normalized spacial score (nSPS) is 15.2. The van der Waals surface area contributed by atoms with Crippen molar-refractivity contribution in [2.75, 3.05) is 48.0 Å². The predicted octanol–water partition coefficient (Wildman–Crippen LogP) is 6.08. The Morgan fingerprint density at radius 2 is 1.23 bits per heavy atom. The fraction of sp³-hybridized carbons (Fsp3) is 1.00. The lowest BCUT2D eigenvalue weighted by Crippen LogP contribution is -2.37. The lowest BCUT2D eigenvalue weighted by atomic mass is 10.0. The molecular weight excluding hydrogens is 413 g/mol. The largest absolute Gasteiger partial charge is 0.756 e. The Morgan fingerprint density at radius 1 is 0.774 bits per heavy atom. The van der Waals surface area contributed by atoms with Gasteiger partial charge in [-0.25, -0.2) is 0 Å². The van der Waals surface area contributed by atoms with Crippen LogP contribution in [0, 0.1) is 0 Å². The fourth-order valence-corrected chi connectivity index (χ4v) is 4.20. The van der Waals surface area contributed by atoms with Gasteiger partial charge in [0.15, 0.2) is 0 Å². The second-order valence-electron chi connectivity index (χ2n) is 9.83. The standard InChI is InChI=1S/C24H52NO5P/c1-6-7-8-9-10-11-12-13-14-15-16-17-18-19-20-24(28-5)23-30-31(26,27)29-22-21-25(2,3)4/h24H,6-23H2,1-5H3. The van der Waals surface area contributed by atoms with Gasteiger partial charge in [-0.05, 0) is 6.42 Å². The highest BCUT2D eigenvalue weighted by atomic mass is 31.2. The van der Waals surface area contributed by atoms with Crippen molar-refractivity contribution < 1.29 is 27.7 Å². The lowest BCUT2D eigenvalue weighted by Gasteiger charge is -2.28. The molecule has 0 aliphatic rings. The number of phosphoric acid groups is 1. The average Bonchev–Trinajstić information content (AvgIpc) is 2.69. The second kappa shape index (κ2) is 19.5. The van der Waals surface area contributed by atoms with Crippen molar-refractivity contribution in [3.63, 3.8) is 0 Å². The minimum Gasteiger partial charge on any atom is -0.756 e. The first-order valence-electron chi connectivity index (χ1n) is 12.6.